The molecule has 0 amide bonds. The molecule has 2 aromatic carbocycles. The van der Waals surface area contributed by atoms with Gasteiger partial charge in [0.25, 0.3) is 0 Å². The van der Waals surface area contributed by atoms with Crippen LogP contribution < -0.4 is 4.90 Å². The summed E-state index contributed by atoms with van der Waals surface area (Å²) in [5.74, 6) is 0. The molecule has 1 heterocycles. The number of rotatable bonds is 1. The van der Waals surface area contributed by atoms with Crippen molar-refractivity contribution in [2.75, 3.05) is 11.4 Å². The van der Waals surface area contributed by atoms with Crippen LogP contribution in [0.25, 0.3) is 10.8 Å². The number of fused-ring (bicyclic) bond motifs is 2. The van der Waals surface area contributed by atoms with Crippen molar-refractivity contribution >= 4 is 28.2 Å². The van der Waals surface area contributed by atoms with Gasteiger partial charge in [0.15, 0.2) is 0 Å². The number of hydrogen-bond acceptors (Lipinski definition) is 2. The number of thioether (sulfide) groups is 1. The van der Waals surface area contributed by atoms with Crippen molar-refractivity contribution in [2.45, 2.75) is 11.8 Å². The molecule has 2 heteroatoms. The Labute approximate surface area is 99.8 Å². The number of nitrogens with zero attached hydrogens (tertiary/aromatic N) is 1. The van der Waals surface area contributed by atoms with Crippen molar-refractivity contribution in [3.05, 3.63) is 48.0 Å². The summed E-state index contributed by atoms with van der Waals surface area (Å²) in [4.78, 5) is 3.59. The third-order valence-electron chi connectivity index (χ3n) is 2.96. The fraction of sp³-hybridized carbons (Fsp3) is 0.143. The van der Waals surface area contributed by atoms with Crippen LogP contribution >= 0.6 is 11.8 Å². The average Bonchev–Trinajstić information content (AvgIpc) is 2.60. The van der Waals surface area contributed by atoms with Gasteiger partial charge in [0.2, 0.25) is 0 Å². The van der Waals surface area contributed by atoms with Crippen molar-refractivity contribution in [2.24, 2.45) is 0 Å². The van der Waals surface area contributed by atoms with Gasteiger partial charge in [-0.2, -0.15) is 0 Å². The second-order valence-electron chi connectivity index (χ2n) is 3.91. The largest absolute Gasteiger partial charge is 0.336 e. The lowest BCUT2D eigenvalue weighted by Gasteiger charge is -2.17. The summed E-state index contributed by atoms with van der Waals surface area (Å²) in [6.45, 7) is 7.25. The lowest BCUT2D eigenvalue weighted by atomic mass is 10.1. The van der Waals surface area contributed by atoms with E-state index in [1.807, 2.05) is 0 Å². The minimum atomic E-state index is 0.983. The summed E-state index contributed by atoms with van der Waals surface area (Å²) < 4.78 is 0. The van der Waals surface area contributed by atoms with Gasteiger partial charge in [-0.25, -0.2) is 0 Å². The molecule has 1 aliphatic heterocycles. The second-order valence-corrected chi connectivity index (χ2v) is 5.02. The first-order valence-corrected chi connectivity index (χ1v) is 6.28. The molecule has 80 valence electrons. The highest BCUT2D eigenvalue weighted by Gasteiger charge is 2.22. The number of anilines is 1. The van der Waals surface area contributed by atoms with Crippen LogP contribution in [0.5, 0.6) is 0 Å². The molecule has 1 aliphatic rings. The average molecular weight is 227 g/mol. The molecule has 3 rings (SSSR count). The van der Waals surface area contributed by atoms with Gasteiger partial charge in [-0.15, -0.1) is 0 Å². The highest BCUT2D eigenvalue weighted by molar-refractivity contribution is 8.03. The Balaban J connectivity index is 2.26. The van der Waals surface area contributed by atoms with Crippen LogP contribution in [0.2, 0.25) is 0 Å². The third-order valence-corrected chi connectivity index (χ3v) is 3.97. The van der Waals surface area contributed by atoms with E-state index in [-0.39, 0.29) is 0 Å². The number of hydrogen-bond donors (Lipinski definition) is 0. The van der Waals surface area contributed by atoms with Crippen LogP contribution in [0.3, 0.4) is 0 Å². The SMILES string of the molecule is C=C1Sc2cc3ccccc3cc2N1CC. The van der Waals surface area contributed by atoms with E-state index in [0.29, 0.717) is 0 Å². The summed E-state index contributed by atoms with van der Waals surface area (Å²) in [6.07, 6.45) is 0. The van der Waals surface area contributed by atoms with Gasteiger partial charge in [-0.05, 0) is 29.8 Å². The molecule has 16 heavy (non-hydrogen) atoms. The van der Waals surface area contributed by atoms with Crippen LogP contribution in [0.1, 0.15) is 6.92 Å². The van der Waals surface area contributed by atoms with E-state index in [2.05, 4.69) is 54.8 Å². The van der Waals surface area contributed by atoms with Crippen molar-refractivity contribution in [3.63, 3.8) is 0 Å². The first kappa shape index (κ1) is 9.79. The molecule has 0 atom stereocenters. The van der Waals surface area contributed by atoms with Gasteiger partial charge in [-0.1, -0.05) is 42.6 Å². The minimum Gasteiger partial charge on any atom is -0.336 e. The Kier molecular flexibility index (Phi) is 2.18. The van der Waals surface area contributed by atoms with E-state index < -0.39 is 0 Å². The van der Waals surface area contributed by atoms with Crippen molar-refractivity contribution in [1.82, 2.24) is 0 Å². The zero-order valence-electron chi connectivity index (χ0n) is 9.23. The molecule has 0 aromatic heterocycles. The molecule has 0 fully saturated rings. The highest BCUT2D eigenvalue weighted by Crippen LogP contribution is 2.46. The van der Waals surface area contributed by atoms with E-state index in [1.54, 1.807) is 11.8 Å². The van der Waals surface area contributed by atoms with Gasteiger partial charge in [0.05, 0.1) is 10.7 Å². The van der Waals surface area contributed by atoms with Crippen LogP contribution in [0.4, 0.5) is 5.69 Å². The molecular formula is C14H13NS. The van der Waals surface area contributed by atoms with Crippen molar-refractivity contribution in [1.29, 1.82) is 0 Å². The smallest absolute Gasteiger partial charge is 0.0728 e. The van der Waals surface area contributed by atoms with Gasteiger partial charge in [0, 0.05) is 11.4 Å². The summed E-state index contributed by atoms with van der Waals surface area (Å²) in [5, 5.41) is 3.74. The zero-order valence-corrected chi connectivity index (χ0v) is 10.1. The van der Waals surface area contributed by atoms with E-state index in [1.165, 1.54) is 21.4 Å². The maximum Gasteiger partial charge on any atom is 0.0728 e. The molecule has 0 bridgehead atoms. The van der Waals surface area contributed by atoms with Gasteiger partial charge >= 0.3 is 0 Å². The molecule has 0 aliphatic carbocycles. The predicted molar refractivity (Wildman–Crippen MR) is 72.0 cm³/mol. The Morgan fingerprint density at radius 3 is 2.56 bits per heavy atom. The van der Waals surface area contributed by atoms with E-state index >= 15 is 0 Å². The fourth-order valence-electron chi connectivity index (χ4n) is 2.16. The molecule has 0 N–H and O–H groups in total. The Morgan fingerprint density at radius 1 is 1.19 bits per heavy atom. The topological polar surface area (TPSA) is 3.24 Å². The summed E-state index contributed by atoms with van der Waals surface area (Å²) in [7, 11) is 0. The standard InChI is InChI=1S/C14H13NS/c1-3-15-10(2)16-14-9-12-7-5-4-6-11(12)8-13(14)15/h4-9H,2-3H2,1H3. The molecule has 1 nitrogen and oxygen atoms in total. The first-order chi connectivity index (χ1) is 7.79. The lowest BCUT2D eigenvalue weighted by Crippen LogP contribution is -2.15. The van der Waals surface area contributed by atoms with Gasteiger partial charge < -0.3 is 4.90 Å². The molecule has 2 aromatic rings. The molecule has 0 radical (unpaired) electrons. The van der Waals surface area contributed by atoms with Crippen LogP contribution in [-0.2, 0) is 0 Å². The number of benzene rings is 2. The quantitative estimate of drug-likeness (QED) is 0.716. The first-order valence-electron chi connectivity index (χ1n) is 5.46. The van der Waals surface area contributed by atoms with Gasteiger partial charge in [0.1, 0.15) is 0 Å². The highest BCUT2D eigenvalue weighted by atomic mass is 32.2. The summed E-state index contributed by atoms with van der Waals surface area (Å²) >= 11 is 1.77. The molecule has 0 unspecified atom stereocenters. The molecule has 0 spiro atoms. The third kappa shape index (κ3) is 1.34. The Bertz CT molecular complexity index is 574. The van der Waals surface area contributed by atoms with Crippen LogP contribution in [0.15, 0.2) is 52.9 Å². The normalized spacial score (nSPS) is 14.6. The maximum atomic E-state index is 4.10. The monoisotopic (exact) mass is 227 g/mol. The summed E-state index contributed by atoms with van der Waals surface area (Å²) in [5.41, 5.74) is 1.30. The van der Waals surface area contributed by atoms with Crippen molar-refractivity contribution in [3.8, 4) is 0 Å². The van der Waals surface area contributed by atoms with Gasteiger partial charge in [-0.3, -0.25) is 0 Å². The van der Waals surface area contributed by atoms with Crippen LogP contribution in [-0.4, -0.2) is 6.54 Å². The second kappa shape index (κ2) is 3.56. The summed E-state index contributed by atoms with van der Waals surface area (Å²) in [6, 6.07) is 13.0. The fourth-order valence-corrected chi connectivity index (χ4v) is 3.21. The lowest BCUT2D eigenvalue weighted by molar-refractivity contribution is 1.01. The Hall–Kier alpha value is -1.41. The molecular weight excluding hydrogens is 214 g/mol. The minimum absolute atomic E-state index is 0.983. The Morgan fingerprint density at radius 2 is 1.88 bits per heavy atom. The maximum absolute atomic E-state index is 4.10. The van der Waals surface area contributed by atoms with E-state index in [4.69, 9.17) is 0 Å². The zero-order chi connectivity index (χ0) is 11.1. The van der Waals surface area contributed by atoms with E-state index in [9.17, 15) is 0 Å². The molecule has 0 saturated carbocycles. The molecule has 0 saturated heterocycles. The predicted octanol–water partition coefficient (Wildman–Crippen LogP) is 4.24. The van der Waals surface area contributed by atoms with Crippen molar-refractivity contribution < 1.29 is 0 Å². The van der Waals surface area contributed by atoms with E-state index in [0.717, 1.165) is 11.6 Å². The van der Waals surface area contributed by atoms with Crippen LogP contribution in [0, 0.1) is 0 Å².